The molecule has 16 heavy (non-hydrogen) atoms. The number of halogens is 3. The van der Waals surface area contributed by atoms with Gasteiger partial charge in [-0.2, -0.15) is 18.2 Å². The number of aromatic nitrogens is 2. The summed E-state index contributed by atoms with van der Waals surface area (Å²) in [6, 6.07) is 0. The molecule has 0 saturated carbocycles. The molecule has 0 atom stereocenters. The SMILES string of the molecule is FC(F)(F)c1noc(CN2CCCCC2)n1. The Bertz CT molecular complexity index is 344. The third kappa shape index (κ3) is 2.72. The maximum absolute atomic E-state index is 12.2. The average molecular weight is 235 g/mol. The van der Waals surface area contributed by atoms with Gasteiger partial charge in [0.25, 0.3) is 5.82 Å². The van der Waals surface area contributed by atoms with Crippen LogP contribution in [0.3, 0.4) is 0 Å². The first-order valence-corrected chi connectivity index (χ1v) is 5.18. The van der Waals surface area contributed by atoms with Crippen LogP contribution in [0.1, 0.15) is 31.0 Å². The molecule has 0 bridgehead atoms. The van der Waals surface area contributed by atoms with Gasteiger partial charge in [-0.1, -0.05) is 11.6 Å². The van der Waals surface area contributed by atoms with Crippen molar-refractivity contribution in [3.05, 3.63) is 11.7 Å². The van der Waals surface area contributed by atoms with Crippen LogP contribution in [0.25, 0.3) is 0 Å². The summed E-state index contributed by atoms with van der Waals surface area (Å²) >= 11 is 0. The van der Waals surface area contributed by atoms with E-state index in [9.17, 15) is 13.2 Å². The zero-order valence-corrected chi connectivity index (χ0v) is 8.63. The van der Waals surface area contributed by atoms with Crippen LogP contribution < -0.4 is 0 Å². The minimum atomic E-state index is -4.52. The molecule has 1 saturated heterocycles. The number of likely N-dealkylation sites (tertiary alicyclic amines) is 1. The topological polar surface area (TPSA) is 42.2 Å². The first-order chi connectivity index (χ1) is 7.55. The van der Waals surface area contributed by atoms with E-state index in [-0.39, 0.29) is 5.89 Å². The molecule has 0 aromatic carbocycles. The van der Waals surface area contributed by atoms with Crippen molar-refractivity contribution in [1.82, 2.24) is 15.0 Å². The van der Waals surface area contributed by atoms with Crippen LogP contribution in [-0.4, -0.2) is 28.1 Å². The van der Waals surface area contributed by atoms with Gasteiger partial charge in [-0.3, -0.25) is 4.90 Å². The summed E-state index contributed by atoms with van der Waals surface area (Å²) < 4.78 is 41.1. The van der Waals surface area contributed by atoms with Gasteiger partial charge in [-0.15, -0.1) is 0 Å². The molecule has 1 fully saturated rings. The van der Waals surface area contributed by atoms with Crippen LogP contribution in [-0.2, 0) is 12.7 Å². The molecular weight excluding hydrogens is 223 g/mol. The van der Waals surface area contributed by atoms with Crippen molar-refractivity contribution >= 4 is 0 Å². The van der Waals surface area contributed by atoms with Crippen LogP contribution in [0.2, 0.25) is 0 Å². The van der Waals surface area contributed by atoms with Crippen molar-refractivity contribution in [1.29, 1.82) is 0 Å². The lowest BCUT2D eigenvalue weighted by atomic mass is 10.1. The average Bonchev–Trinajstić information content (AvgIpc) is 2.67. The highest BCUT2D eigenvalue weighted by Gasteiger charge is 2.37. The number of rotatable bonds is 2. The maximum atomic E-state index is 12.2. The fourth-order valence-corrected chi connectivity index (χ4v) is 1.74. The highest BCUT2D eigenvalue weighted by atomic mass is 19.4. The quantitative estimate of drug-likeness (QED) is 0.787. The van der Waals surface area contributed by atoms with Crippen LogP contribution in [0.5, 0.6) is 0 Å². The third-order valence-corrected chi connectivity index (χ3v) is 2.53. The Morgan fingerprint density at radius 2 is 1.88 bits per heavy atom. The molecule has 1 aliphatic rings. The van der Waals surface area contributed by atoms with E-state index in [1.165, 1.54) is 6.42 Å². The van der Waals surface area contributed by atoms with Crippen molar-refractivity contribution in [2.24, 2.45) is 0 Å². The Morgan fingerprint density at radius 3 is 2.44 bits per heavy atom. The Labute approximate surface area is 90.4 Å². The smallest absolute Gasteiger partial charge is 0.338 e. The van der Waals surface area contributed by atoms with Gasteiger partial charge in [-0.05, 0) is 25.9 Å². The number of hydrogen-bond donors (Lipinski definition) is 0. The van der Waals surface area contributed by atoms with E-state index < -0.39 is 12.0 Å². The second-order valence-corrected chi connectivity index (χ2v) is 3.85. The van der Waals surface area contributed by atoms with Crippen LogP contribution in [0.15, 0.2) is 4.52 Å². The van der Waals surface area contributed by atoms with E-state index in [4.69, 9.17) is 0 Å². The Kier molecular flexibility index (Phi) is 3.13. The fraction of sp³-hybridized carbons (Fsp3) is 0.778. The highest BCUT2D eigenvalue weighted by Crippen LogP contribution is 2.26. The predicted molar refractivity (Wildman–Crippen MR) is 48.4 cm³/mol. The molecule has 1 aromatic rings. The molecule has 4 nitrogen and oxygen atoms in total. The molecule has 2 rings (SSSR count). The minimum Gasteiger partial charge on any atom is -0.338 e. The summed E-state index contributed by atoms with van der Waals surface area (Å²) in [6.07, 6.45) is -1.21. The standard InChI is InChI=1S/C9H12F3N3O/c10-9(11,12)8-13-7(16-14-8)6-15-4-2-1-3-5-15/h1-6H2. The highest BCUT2D eigenvalue weighted by molar-refractivity contribution is 4.91. The van der Waals surface area contributed by atoms with Crippen LogP contribution in [0.4, 0.5) is 13.2 Å². The van der Waals surface area contributed by atoms with Gasteiger partial charge in [-0.25, -0.2) is 0 Å². The lowest BCUT2D eigenvalue weighted by Gasteiger charge is -2.24. The largest absolute Gasteiger partial charge is 0.455 e. The first kappa shape index (κ1) is 11.4. The second kappa shape index (κ2) is 4.40. The van der Waals surface area contributed by atoms with E-state index >= 15 is 0 Å². The number of alkyl halides is 3. The molecule has 7 heteroatoms. The Balaban J connectivity index is 1.97. The van der Waals surface area contributed by atoms with Crippen molar-refractivity contribution in [2.45, 2.75) is 32.0 Å². The lowest BCUT2D eigenvalue weighted by Crippen LogP contribution is -2.29. The summed E-state index contributed by atoms with van der Waals surface area (Å²) in [5, 5.41) is 2.92. The molecule has 0 aliphatic carbocycles. The van der Waals surface area contributed by atoms with E-state index in [2.05, 4.69) is 14.7 Å². The van der Waals surface area contributed by atoms with Gasteiger partial charge in [0, 0.05) is 0 Å². The summed E-state index contributed by atoms with van der Waals surface area (Å²) in [5.41, 5.74) is 0. The molecule has 2 heterocycles. The van der Waals surface area contributed by atoms with Crippen molar-refractivity contribution < 1.29 is 17.7 Å². The molecule has 1 aromatic heterocycles. The molecule has 90 valence electrons. The van der Waals surface area contributed by atoms with E-state index in [0.717, 1.165) is 25.9 Å². The molecular formula is C9H12F3N3O. The lowest BCUT2D eigenvalue weighted by molar-refractivity contribution is -0.146. The number of nitrogens with zero attached hydrogens (tertiary/aromatic N) is 3. The van der Waals surface area contributed by atoms with Gasteiger partial charge in [0.1, 0.15) is 0 Å². The number of hydrogen-bond acceptors (Lipinski definition) is 4. The van der Waals surface area contributed by atoms with Crippen molar-refractivity contribution in [2.75, 3.05) is 13.1 Å². The summed E-state index contributed by atoms with van der Waals surface area (Å²) in [5.74, 6) is -1.16. The van der Waals surface area contributed by atoms with Crippen LogP contribution in [0, 0.1) is 0 Å². The molecule has 0 N–H and O–H groups in total. The van der Waals surface area contributed by atoms with E-state index in [1.807, 2.05) is 4.90 Å². The van der Waals surface area contributed by atoms with Crippen molar-refractivity contribution in [3.8, 4) is 0 Å². The monoisotopic (exact) mass is 235 g/mol. The molecule has 0 radical (unpaired) electrons. The van der Waals surface area contributed by atoms with Gasteiger partial charge in [0.05, 0.1) is 6.54 Å². The van der Waals surface area contributed by atoms with Gasteiger partial charge >= 0.3 is 6.18 Å². The van der Waals surface area contributed by atoms with E-state index in [0.29, 0.717) is 6.54 Å². The third-order valence-electron chi connectivity index (χ3n) is 2.53. The van der Waals surface area contributed by atoms with Crippen LogP contribution >= 0.6 is 0 Å². The fourth-order valence-electron chi connectivity index (χ4n) is 1.74. The van der Waals surface area contributed by atoms with Gasteiger partial charge in [0.15, 0.2) is 0 Å². The minimum absolute atomic E-state index is 0.0363. The summed E-state index contributed by atoms with van der Waals surface area (Å²) in [7, 11) is 0. The van der Waals surface area contributed by atoms with Crippen molar-refractivity contribution in [3.63, 3.8) is 0 Å². The Morgan fingerprint density at radius 1 is 1.19 bits per heavy atom. The van der Waals surface area contributed by atoms with E-state index in [1.54, 1.807) is 0 Å². The zero-order chi connectivity index (χ0) is 11.6. The molecule has 1 aliphatic heterocycles. The molecule has 0 spiro atoms. The zero-order valence-electron chi connectivity index (χ0n) is 8.63. The Hall–Kier alpha value is -1.11. The molecule has 0 amide bonds. The van der Waals surface area contributed by atoms with Gasteiger partial charge in [0.2, 0.25) is 5.89 Å². The van der Waals surface area contributed by atoms with Gasteiger partial charge < -0.3 is 4.52 Å². The number of piperidine rings is 1. The second-order valence-electron chi connectivity index (χ2n) is 3.85. The summed E-state index contributed by atoms with van der Waals surface area (Å²) in [4.78, 5) is 5.36. The normalized spacial score (nSPS) is 18.9. The summed E-state index contributed by atoms with van der Waals surface area (Å²) in [6.45, 7) is 2.07. The predicted octanol–water partition coefficient (Wildman–Crippen LogP) is 2.07. The maximum Gasteiger partial charge on any atom is 0.455 e. The molecule has 0 unspecified atom stereocenters. The first-order valence-electron chi connectivity index (χ1n) is 5.18.